The van der Waals surface area contributed by atoms with E-state index in [-0.39, 0.29) is 12.5 Å². The molecule has 6 heteroatoms. The molecule has 0 aromatic rings. The standard InChI is InChI=1S/C9H20N4O2/c1-3-15-6-4-5-11-8-13-12-7-9(14)10-2/h8,12H,3-7H2,1-2H3,(H,10,14)(H,11,13). The first-order valence-electron chi connectivity index (χ1n) is 5.07. The minimum Gasteiger partial charge on any atom is -0.382 e. The van der Waals surface area contributed by atoms with E-state index in [4.69, 9.17) is 4.74 Å². The second-order valence-electron chi connectivity index (χ2n) is 2.77. The summed E-state index contributed by atoms with van der Waals surface area (Å²) >= 11 is 0. The lowest BCUT2D eigenvalue weighted by molar-refractivity contribution is -0.119. The third kappa shape index (κ3) is 10.6. The van der Waals surface area contributed by atoms with Gasteiger partial charge < -0.3 is 15.4 Å². The molecule has 0 aliphatic carbocycles. The summed E-state index contributed by atoms with van der Waals surface area (Å²) in [5.41, 5.74) is 2.60. The molecule has 0 rings (SSSR count). The van der Waals surface area contributed by atoms with Gasteiger partial charge in [0.1, 0.15) is 12.9 Å². The van der Waals surface area contributed by atoms with E-state index in [9.17, 15) is 4.79 Å². The molecule has 0 spiro atoms. The Morgan fingerprint density at radius 1 is 1.53 bits per heavy atom. The smallest absolute Gasteiger partial charge is 0.240 e. The lowest BCUT2D eigenvalue weighted by Crippen LogP contribution is -2.29. The Bertz CT molecular complexity index is 185. The Hall–Kier alpha value is -1.30. The molecule has 0 aromatic heterocycles. The highest BCUT2D eigenvalue weighted by atomic mass is 16.5. The maximum atomic E-state index is 10.7. The van der Waals surface area contributed by atoms with Gasteiger partial charge in [0.05, 0.1) is 0 Å². The number of carbonyl (C=O) groups excluding carboxylic acids is 1. The highest BCUT2D eigenvalue weighted by Gasteiger charge is 1.91. The number of likely N-dealkylation sites (N-methyl/N-ethyl adjacent to an activating group) is 1. The average molecular weight is 216 g/mol. The SMILES string of the molecule is CCOCCCN/C=N/NCC(=O)NC. The van der Waals surface area contributed by atoms with Crippen molar-refractivity contribution in [1.29, 1.82) is 0 Å². The van der Waals surface area contributed by atoms with Gasteiger partial charge in [0.2, 0.25) is 5.91 Å². The number of hydrogen-bond acceptors (Lipinski definition) is 4. The van der Waals surface area contributed by atoms with Crippen molar-refractivity contribution in [2.75, 3.05) is 33.4 Å². The summed E-state index contributed by atoms with van der Waals surface area (Å²) in [6, 6.07) is 0. The average Bonchev–Trinajstić information content (AvgIpc) is 2.26. The number of nitrogens with one attached hydrogen (secondary N) is 3. The van der Waals surface area contributed by atoms with Crippen LogP contribution in [0.5, 0.6) is 0 Å². The topological polar surface area (TPSA) is 74.8 Å². The van der Waals surface area contributed by atoms with Gasteiger partial charge in [-0.3, -0.25) is 10.2 Å². The minimum absolute atomic E-state index is 0.0940. The molecule has 88 valence electrons. The van der Waals surface area contributed by atoms with Crippen LogP contribution in [0, 0.1) is 0 Å². The predicted octanol–water partition coefficient (Wildman–Crippen LogP) is -0.718. The number of ether oxygens (including phenoxy) is 1. The molecular weight excluding hydrogens is 196 g/mol. The fraction of sp³-hybridized carbons (Fsp3) is 0.778. The van der Waals surface area contributed by atoms with Gasteiger partial charge in [-0.25, -0.2) is 0 Å². The zero-order valence-electron chi connectivity index (χ0n) is 9.38. The van der Waals surface area contributed by atoms with Crippen LogP contribution >= 0.6 is 0 Å². The summed E-state index contributed by atoms with van der Waals surface area (Å²) in [6.45, 7) is 4.47. The first-order valence-corrected chi connectivity index (χ1v) is 5.07. The quantitative estimate of drug-likeness (QED) is 0.206. The zero-order chi connectivity index (χ0) is 11.4. The van der Waals surface area contributed by atoms with E-state index in [0.29, 0.717) is 0 Å². The van der Waals surface area contributed by atoms with Gasteiger partial charge in [-0.15, -0.1) is 0 Å². The fourth-order valence-electron chi connectivity index (χ4n) is 0.782. The monoisotopic (exact) mass is 216 g/mol. The van der Waals surface area contributed by atoms with Crippen LogP contribution in [0.2, 0.25) is 0 Å². The lowest BCUT2D eigenvalue weighted by Gasteiger charge is -2.01. The van der Waals surface area contributed by atoms with Crippen molar-refractivity contribution >= 4 is 12.2 Å². The van der Waals surface area contributed by atoms with E-state index in [1.165, 1.54) is 6.34 Å². The van der Waals surface area contributed by atoms with E-state index in [0.717, 1.165) is 26.2 Å². The molecule has 1 amide bonds. The maximum absolute atomic E-state index is 10.7. The van der Waals surface area contributed by atoms with Crippen molar-refractivity contribution in [2.24, 2.45) is 5.10 Å². The Kier molecular flexibility index (Phi) is 9.84. The molecule has 0 bridgehead atoms. The van der Waals surface area contributed by atoms with Gasteiger partial charge in [-0.1, -0.05) is 0 Å². The molecule has 0 saturated carbocycles. The van der Waals surface area contributed by atoms with E-state index < -0.39 is 0 Å². The molecule has 0 unspecified atom stereocenters. The molecule has 0 aliphatic rings. The van der Waals surface area contributed by atoms with Gasteiger partial charge in [-0.2, -0.15) is 5.10 Å². The normalized spacial score (nSPS) is 10.3. The minimum atomic E-state index is -0.0940. The molecule has 15 heavy (non-hydrogen) atoms. The van der Waals surface area contributed by atoms with E-state index >= 15 is 0 Å². The Labute approximate surface area is 90.4 Å². The zero-order valence-corrected chi connectivity index (χ0v) is 9.38. The van der Waals surface area contributed by atoms with Crippen LogP contribution in [0.3, 0.4) is 0 Å². The molecule has 0 fully saturated rings. The lowest BCUT2D eigenvalue weighted by atomic mass is 10.4. The first-order chi connectivity index (χ1) is 7.31. The highest BCUT2D eigenvalue weighted by Crippen LogP contribution is 1.78. The van der Waals surface area contributed by atoms with Crippen LogP contribution in [-0.2, 0) is 9.53 Å². The molecular formula is C9H20N4O2. The number of nitrogens with zero attached hydrogens (tertiary/aromatic N) is 1. The van der Waals surface area contributed by atoms with Crippen LogP contribution in [0.1, 0.15) is 13.3 Å². The number of carbonyl (C=O) groups is 1. The second-order valence-corrected chi connectivity index (χ2v) is 2.77. The fourth-order valence-corrected chi connectivity index (χ4v) is 0.782. The molecule has 0 heterocycles. The summed E-state index contributed by atoms with van der Waals surface area (Å²) in [5.74, 6) is -0.0940. The van der Waals surface area contributed by atoms with E-state index in [1.54, 1.807) is 7.05 Å². The molecule has 0 aromatic carbocycles. The Balaban J connectivity index is 3.14. The Morgan fingerprint density at radius 2 is 2.33 bits per heavy atom. The van der Waals surface area contributed by atoms with Crippen molar-refractivity contribution in [2.45, 2.75) is 13.3 Å². The van der Waals surface area contributed by atoms with Crippen LogP contribution in [0.25, 0.3) is 0 Å². The van der Waals surface area contributed by atoms with Crippen molar-refractivity contribution in [3.63, 3.8) is 0 Å². The molecule has 0 atom stereocenters. The van der Waals surface area contributed by atoms with Crippen LogP contribution in [-0.4, -0.2) is 45.6 Å². The van der Waals surface area contributed by atoms with E-state index in [2.05, 4.69) is 21.2 Å². The molecule has 0 saturated heterocycles. The summed E-state index contributed by atoms with van der Waals surface area (Å²) in [7, 11) is 1.58. The van der Waals surface area contributed by atoms with Crippen molar-refractivity contribution in [3.8, 4) is 0 Å². The third-order valence-corrected chi connectivity index (χ3v) is 1.58. The molecule has 6 nitrogen and oxygen atoms in total. The summed E-state index contributed by atoms with van der Waals surface area (Å²) in [5, 5.41) is 9.24. The van der Waals surface area contributed by atoms with Crippen molar-refractivity contribution < 1.29 is 9.53 Å². The maximum Gasteiger partial charge on any atom is 0.240 e. The van der Waals surface area contributed by atoms with Crippen LogP contribution in [0.15, 0.2) is 5.10 Å². The van der Waals surface area contributed by atoms with Gasteiger partial charge in [-0.05, 0) is 13.3 Å². The van der Waals surface area contributed by atoms with E-state index in [1.807, 2.05) is 6.92 Å². The van der Waals surface area contributed by atoms with Crippen molar-refractivity contribution in [1.82, 2.24) is 16.1 Å². The summed E-state index contributed by atoms with van der Waals surface area (Å²) in [4.78, 5) is 10.7. The van der Waals surface area contributed by atoms with Gasteiger partial charge in [0.25, 0.3) is 0 Å². The summed E-state index contributed by atoms with van der Waals surface area (Å²) < 4.78 is 5.15. The number of rotatable bonds is 9. The first kappa shape index (κ1) is 13.7. The second kappa shape index (κ2) is 10.8. The number of hydrazone groups is 1. The Morgan fingerprint density at radius 3 is 3.00 bits per heavy atom. The predicted molar refractivity (Wildman–Crippen MR) is 59.7 cm³/mol. The summed E-state index contributed by atoms with van der Waals surface area (Å²) in [6.07, 6.45) is 2.48. The third-order valence-electron chi connectivity index (χ3n) is 1.58. The molecule has 3 N–H and O–H groups in total. The van der Waals surface area contributed by atoms with Crippen molar-refractivity contribution in [3.05, 3.63) is 0 Å². The molecule has 0 radical (unpaired) electrons. The van der Waals surface area contributed by atoms with Gasteiger partial charge >= 0.3 is 0 Å². The van der Waals surface area contributed by atoms with Crippen LogP contribution in [0.4, 0.5) is 0 Å². The highest BCUT2D eigenvalue weighted by molar-refractivity contribution is 5.77. The largest absolute Gasteiger partial charge is 0.382 e. The number of hydrogen-bond donors (Lipinski definition) is 3. The van der Waals surface area contributed by atoms with Gasteiger partial charge in [0, 0.05) is 26.8 Å². The van der Waals surface area contributed by atoms with Gasteiger partial charge in [0.15, 0.2) is 0 Å². The number of amides is 1. The molecule has 0 aliphatic heterocycles. The van der Waals surface area contributed by atoms with Crippen LogP contribution < -0.4 is 16.1 Å².